The van der Waals surface area contributed by atoms with Gasteiger partial charge in [0.25, 0.3) is 0 Å². The van der Waals surface area contributed by atoms with Gasteiger partial charge in [0.1, 0.15) is 0 Å². The smallest absolute Gasteiger partial charge is 0.0950 e. The summed E-state index contributed by atoms with van der Waals surface area (Å²) in [5.41, 5.74) is 0.924. The number of rotatable bonds is 3. The number of hydroxylamine groups is 2. The van der Waals surface area contributed by atoms with Crippen LogP contribution in [0.1, 0.15) is 5.56 Å². The van der Waals surface area contributed by atoms with Crippen LogP contribution in [0.4, 0.5) is 0 Å². The Labute approximate surface area is 105 Å². The number of nitrogens with zero attached hydrogens (tertiary/aromatic N) is 1. The van der Waals surface area contributed by atoms with Crippen molar-refractivity contribution in [2.75, 3.05) is 26.2 Å². The summed E-state index contributed by atoms with van der Waals surface area (Å²) in [5.74, 6) is 0. The van der Waals surface area contributed by atoms with Crippen LogP contribution in [0.15, 0.2) is 18.2 Å². The van der Waals surface area contributed by atoms with Crippen molar-refractivity contribution in [2.24, 2.45) is 0 Å². The van der Waals surface area contributed by atoms with Crippen LogP contribution in [-0.4, -0.2) is 31.2 Å². The Morgan fingerprint density at radius 3 is 2.75 bits per heavy atom. The Hall–Kier alpha value is -0.320. The first-order chi connectivity index (χ1) is 7.75. The van der Waals surface area contributed by atoms with Crippen molar-refractivity contribution < 1.29 is 4.84 Å². The molecule has 0 aromatic heterocycles. The van der Waals surface area contributed by atoms with E-state index in [4.69, 9.17) is 28.0 Å². The predicted molar refractivity (Wildman–Crippen MR) is 65.7 cm³/mol. The van der Waals surface area contributed by atoms with Crippen molar-refractivity contribution in [1.29, 1.82) is 0 Å². The Bertz CT molecular complexity index is 354. The number of hydrogen-bond donors (Lipinski definition) is 1. The van der Waals surface area contributed by atoms with Crippen LogP contribution in [0.2, 0.25) is 10.0 Å². The average molecular weight is 261 g/mol. The summed E-state index contributed by atoms with van der Waals surface area (Å²) in [6, 6.07) is 5.41. The van der Waals surface area contributed by atoms with E-state index in [1.807, 2.05) is 11.1 Å². The van der Waals surface area contributed by atoms with E-state index in [1.54, 1.807) is 12.1 Å². The maximum absolute atomic E-state index is 6.04. The molecule has 0 spiro atoms. The van der Waals surface area contributed by atoms with Crippen LogP contribution in [0.5, 0.6) is 0 Å². The molecule has 0 aliphatic carbocycles. The zero-order chi connectivity index (χ0) is 11.4. The summed E-state index contributed by atoms with van der Waals surface area (Å²) in [6.45, 7) is 4.20. The Balaban J connectivity index is 1.90. The maximum atomic E-state index is 6.04. The highest BCUT2D eigenvalue weighted by Crippen LogP contribution is 2.21. The molecule has 1 fully saturated rings. The molecule has 1 N–H and O–H groups in total. The number of piperazine rings is 1. The van der Waals surface area contributed by atoms with Gasteiger partial charge in [-0.2, -0.15) is 5.06 Å². The fourth-order valence-corrected chi connectivity index (χ4v) is 1.95. The number of hydrogen-bond acceptors (Lipinski definition) is 3. The van der Waals surface area contributed by atoms with E-state index in [1.165, 1.54) is 0 Å². The number of halogens is 2. The fraction of sp³-hybridized carbons (Fsp3) is 0.455. The van der Waals surface area contributed by atoms with E-state index >= 15 is 0 Å². The topological polar surface area (TPSA) is 24.5 Å². The number of nitrogens with one attached hydrogen (secondary N) is 1. The van der Waals surface area contributed by atoms with Gasteiger partial charge in [-0.1, -0.05) is 23.2 Å². The molecular weight excluding hydrogens is 247 g/mol. The molecule has 1 aliphatic heterocycles. The van der Waals surface area contributed by atoms with Gasteiger partial charge < -0.3 is 5.32 Å². The molecule has 0 amide bonds. The second kappa shape index (κ2) is 5.84. The quantitative estimate of drug-likeness (QED) is 0.903. The molecule has 0 saturated carbocycles. The second-order valence-electron chi connectivity index (χ2n) is 3.69. The van der Waals surface area contributed by atoms with Gasteiger partial charge in [0, 0.05) is 36.2 Å². The minimum Gasteiger partial charge on any atom is -0.314 e. The highest BCUT2D eigenvalue weighted by atomic mass is 35.5. The van der Waals surface area contributed by atoms with Crippen molar-refractivity contribution in [1.82, 2.24) is 10.4 Å². The summed E-state index contributed by atoms with van der Waals surface area (Å²) in [7, 11) is 0. The van der Waals surface area contributed by atoms with E-state index in [2.05, 4.69) is 5.32 Å². The summed E-state index contributed by atoms with van der Waals surface area (Å²) >= 11 is 11.9. The molecule has 1 heterocycles. The fourth-order valence-electron chi connectivity index (χ4n) is 1.59. The first kappa shape index (κ1) is 12.1. The first-order valence-corrected chi connectivity index (χ1v) is 6.04. The molecule has 1 aromatic carbocycles. The molecule has 3 nitrogen and oxygen atoms in total. The molecule has 1 aromatic rings. The lowest BCUT2D eigenvalue weighted by molar-refractivity contribution is -0.174. The predicted octanol–water partition coefficient (Wildman–Crippen LogP) is 2.33. The molecular formula is C11H14Cl2N2O. The molecule has 0 unspecified atom stereocenters. The van der Waals surface area contributed by atoms with Crippen molar-refractivity contribution in [2.45, 2.75) is 6.61 Å². The SMILES string of the molecule is Clc1ccc(Cl)c(CON2CCNCC2)c1. The van der Waals surface area contributed by atoms with E-state index in [-0.39, 0.29) is 0 Å². The third-order valence-electron chi connectivity index (χ3n) is 2.49. The van der Waals surface area contributed by atoms with Gasteiger partial charge in [-0.15, -0.1) is 0 Å². The van der Waals surface area contributed by atoms with Gasteiger partial charge in [0.2, 0.25) is 0 Å². The van der Waals surface area contributed by atoms with Gasteiger partial charge in [-0.05, 0) is 23.8 Å². The van der Waals surface area contributed by atoms with Crippen LogP contribution >= 0.6 is 23.2 Å². The van der Waals surface area contributed by atoms with E-state index in [0.29, 0.717) is 16.7 Å². The molecule has 16 heavy (non-hydrogen) atoms. The average Bonchev–Trinajstić information content (AvgIpc) is 2.32. The highest BCUT2D eigenvalue weighted by molar-refractivity contribution is 6.33. The molecule has 0 atom stereocenters. The normalized spacial score (nSPS) is 17.6. The lowest BCUT2D eigenvalue weighted by atomic mass is 10.2. The summed E-state index contributed by atoms with van der Waals surface area (Å²) < 4.78 is 0. The molecule has 88 valence electrons. The van der Waals surface area contributed by atoms with E-state index in [9.17, 15) is 0 Å². The first-order valence-electron chi connectivity index (χ1n) is 5.28. The Kier molecular flexibility index (Phi) is 4.44. The van der Waals surface area contributed by atoms with Crippen molar-refractivity contribution in [3.63, 3.8) is 0 Å². The molecule has 2 rings (SSSR count). The zero-order valence-corrected chi connectivity index (χ0v) is 10.4. The van der Waals surface area contributed by atoms with E-state index < -0.39 is 0 Å². The van der Waals surface area contributed by atoms with Gasteiger partial charge in [0.15, 0.2) is 0 Å². The molecule has 0 bridgehead atoms. The third kappa shape index (κ3) is 3.34. The van der Waals surface area contributed by atoms with Crippen LogP contribution in [0, 0.1) is 0 Å². The lowest BCUT2D eigenvalue weighted by Crippen LogP contribution is -2.43. The van der Waals surface area contributed by atoms with Crippen molar-refractivity contribution in [3.8, 4) is 0 Å². The second-order valence-corrected chi connectivity index (χ2v) is 4.53. The molecule has 1 saturated heterocycles. The number of benzene rings is 1. The third-order valence-corrected chi connectivity index (χ3v) is 3.09. The van der Waals surface area contributed by atoms with Gasteiger partial charge in [-0.25, -0.2) is 0 Å². The Morgan fingerprint density at radius 2 is 2.00 bits per heavy atom. The Morgan fingerprint density at radius 1 is 1.25 bits per heavy atom. The monoisotopic (exact) mass is 260 g/mol. The van der Waals surface area contributed by atoms with Gasteiger partial charge in [-0.3, -0.25) is 4.84 Å². The maximum Gasteiger partial charge on any atom is 0.0950 e. The summed E-state index contributed by atoms with van der Waals surface area (Å²) in [4.78, 5) is 5.66. The molecule has 0 radical (unpaired) electrons. The minimum absolute atomic E-state index is 0.472. The molecule has 1 aliphatic rings. The van der Waals surface area contributed by atoms with Crippen LogP contribution in [-0.2, 0) is 11.4 Å². The lowest BCUT2D eigenvalue weighted by Gasteiger charge is -2.26. The summed E-state index contributed by atoms with van der Waals surface area (Å²) in [5, 5.41) is 6.59. The van der Waals surface area contributed by atoms with Crippen molar-refractivity contribution in [3.05, 3.63) is 33.8 Å². The summed E-state index contributed by atoms with van der Waals surface area (Å²) in [6.07, 6.45) is 0. The largest absolute Gasteiger partial charge is 0.314 e. The standard InChI is InChI=1S/C11H14Cl2N2O/c12-10-1-2-11(13)9(7-10)8-16-15-5-3-14-4-6-15/h1-2,7,14H,3-6,8H2. The van der Waals surface area contributed by atoms with Crippen molar-refractivity contribution >= 4 is 23.2 Å². The van der Waals surface area contributed by atoms with E-state index in [0.717, 1.165) is 31.7 Å². The minimum atomic E-state index is 0.472. The van der Waals surface area contributed by atoms with Crippen LogP contribution < -0.4 is 5.32 Å². The zero-order valence-electron chi connectivity index (χ0n) is 8.88. The van der Waals surface area contributed by atoms with Gasteiger partial charge >= 0.3 is 0 Å². The van der Waals surface area contributed by atoms with Crippen LogP contribution in [0.25, 0.3) is 0 Å². The van der Waals surface area contributed by atoms with Gasteiger partial charge in [0.05, 0.1) is 6.61 Å². The van der Waals surface area contributed by atoms with Crippen LogP contribution in [0.3, 0.4) is 0 Å². The highest BCUT2D eigenvalue weighted by Gasteiger charge is 2.10. The molecule has 5 heteroatoms.